The van der Waals surface area contributed by atoms with E-state index >= 15 is 0 Å². The van der Waals surface area contributed by atoms with Crippen molar-refractivity contribution < 1.29 is 25.9 Å². The molecule has 2 aromatic rings. The molecule has 0 saturated heterocycles. The van der Waals surface area contributed by atoms with Crippen LogP contribution in [0.5, 0.6) is 0 Å². The summed E-state index contributed by atoms with van der Waals surface area (Å²) in [4.78, 5) is 0. The number of unbranched alkanes of at least 4 members (excludes halogenated alkanes) is 3. The number of benzene rings is 2. The van der Waals surface area contributed by atoms with Gasteiger partial charge in [-0.15, -0.1) is 0 Å². The van der Waals surface area contributed by atoms with Gasteiger partial charge in [0, 0.05) is 0 Å². The molecule has 0 amide bonds. The van der Waals surface area contributed by atoms with Gasteiger partial charge in [-0.2, -0.15) is 16.8 Å². The highest BCUT2D eigenvalue weighted by Crippen LogP contribution is 2.29. The average molecular weight is 427 g/mol. The van der Waals surface area contributed by atoms with Gasteiger partial charge >= 0.3 is 0 Å². The van der Waals surface area contributed by atoms with Crippen LogP contribution in [0.25, 0.3) is 0 Å². The van der Waals surface area contributed by atoms with E-state index in [2.05, 4.69) is 0 Å². The van der Waals surface area contributed by atoms with E-state index in [0.29, 0.717) is 49.7 Å². The van der Waals surface area contributed by atoms with Crippen LogP contribution in [0.15, 0.2) is 60.7 Å². The van der Waals surface area contributed by atoms with E-state index in [4.69, 9.17) is 0 Å². The summed E-state index contributed by atoms with van der Waals surface area (Å²) in [6.07, 6.45) is 3.16. The maximum absolute atomic E-state index is 11.7. The highest BCUT2D eigenvalue weighted by Gasteiger charge is 2.25. The number of hydrogen-bond donors (Lipinski definition) is 2. The van der Waals surface area contributed by atoms with Crippen LogP contribution in [-0.2, 0) is 20.2 Å². The molecule has 0 heterocycles. The van der Waals surface area contributed by atoms with Gasteiger partial charge in [-0.3, -0.25) is 9.11 Å². The first-order chi connectivity index (χ1) is 13.2. The summed E-state index contributed by atoms with van der Waals surface area (Å²) in [5.74, 6) is 0. The largest absolute Gasteiger partial charge is 0.285 e. The van der Waals surface area contributed by atoms with Crippen LogP contribution in [0.4, 0.5) is 0 Å². The maximum Gasteiger partial charge on any atom is 0.271 e. The summed E-state index contributed by atoms with van der Waals surface area (Å²) < 4.78 is 65.7. The molecule has 0 aliphatic rings. The van der Waals surface area contributed by atoms with E-state index in [1.807, 2.05) is 0 Å². The van der Waals surface area contributed by atoms with Crippen LogP contribution in [-0.4, -0.2) is 25.9 Å². The molecule has 2 unspecified atom stereocenters. The first kappa shape index (κ1) is 22.5. The van der Waals surface area contributed by atoms with Gasteiger partial charge in [0.1, 0.15) is 10.5 Å². The van der Waals surface area contributed by atoms with E-state index in [9.17, 15) is 25.9 Å². The Bertz CT molecular complexity index is 846. The average Bonchev–Trinajstić information content (AvgIpc) is 2.63. The Morgan fingerprint density at radius 1 is 0.571 bits per heavy atom. The van der Waals surface area contributed by atoms with Crippen LogP contribution in [0.2, 0.25) is 0 Å². The van der Waals surface area contributed by atoms with Crippen LogP contribution >= 0.6 is 0 Å². The van der Waals surface area contributed by atoms with Crippen molar-refractivity contribution in [1.29, 1.82) is 0 Å². The molecule has 0 radical (unpaired) electrons. The number of rotatable bonds is 11. The lowest BCUT2D eigenvalue weighted by Gasteiger charge is -2.15. The van der Waals surface area contributed by atoms with Crippen molar-refractivity contribution in [3.63, 3.8) is 0 Å². The molecule has 0 aliphatic carbocycles. The first-order valence-electron chi connectivity index (χ1n) is 9.22. The smallest absolute Gasteiger partial charge is 0.271 e. The fourth-order valence-corrected chi connectivity index (χ4v) is 5.25. The molecule has 0 saturated carbocycles. The van der Waals surface area contributed by atoms with Gasteiger partial charge in [0.15, 0.2) is 0 Å². The lowest BCUT2D eigenvalue weighted by Crippen LogP contribution is -2.13. The van der Waals surface area contributed by atoms with E-state index in [-0.39, 0.29) is 0 Å². The Labute approximate surface area is 167 Å². The van der Waals surface area contributed by atoms with Crippen molar-refractivity contribution in [2.75, 3.05) is 0 Å². The third kappa shape index (κ3) is 7.01. The van der Waals surface area contributed by atoms with Gasteiger partial charge in [-0.1, -0.05) is 86.3 Å². The summed E-state index contributed by atoms with van der Waals surface area (Å²) in [6, 6.07) is 17.2. The highest BCUT2D eigenvalue weighted by molar-refractivity contribution is 7.86. The van der Waals surface area contributed by atoms with Crippen molar-refractivity contribution in [1.82, 2.24) is 0 Å². The third-order valence-electron chi connectivity index (χ3n) is 4.74. The normalized spacial score (nSPS) is 14.5. The second-order valence-electron chi connectivity index (χ2n) is 6.82. The minimum Gasteiger partial charge on any atom is -0.285 e. The summed E-state index contributed by atoms with van der Waals surface area (Å²) in [5.41, 5.74) is 1.11. The van der Waals surface area contributed by atoms with Gasteiger partial charge in [0.2, 0.25) is 0 Å². The molecule has 2 atom stereocenters. The lowest BCUT2D eigenvalue weighted by atomic mass is 10.0. The van der Waals surface area contributed by atoms with Gasteiger partial charge in [0.05, 0.1) is 0 Å². The SMILES string of the molecule is O=S(=O)(O)C(CCCCCCC(c1ccccc1)S(=O)(=O)O)c1ccccc1. The van der Waals surface area contributed by atoms with Crippen LogP contribution in [0.1, 0.15) is 60.2 Å². The lowest BCUT2D eigenvalue weighted by molar-refractivity contribution is 0.452. The topological polar surface area (TPSA) is 109 Å². The maximum atomic E-state index is 11.7. The zero-order valence-electron chi connectivity index (χ0n) is 15.5. The molecule has 2 N–H and O–H groups in total. The van der Waals surface area contributed by atoms with E-state index in [0.717, 1.165) is 0 Å². The van der Waals surface area contributed by atoms with E-state index < -0.39 is 30.7 Å². The van der Waals surface area contributed by atoms with Crippen LogP contribution in [0.3, 0.4) is 0 Å². The van der Waals surface area contributed by atoms with Gasteiger partial charge in [0.25, 0.3) is 20.2 Å². The molecule has 2 rings (SSSR count). The quantitative estimate of drug-likeness (QED) is 0.402. The molecule has 28 heavy (non-hydrogen) atoms. The molecule has 154 valence electrons. The van der Waals surface area contributed by atoms with Gasteiger partial charge in [-0.05, 0) is 24.0 Å². The van der Waals surface area contributed by atoms with Gasteiger partial charge < -0.3 is 0 Å². The highest BCUT2D eigenvalue weighted by atomic mass is 32.2. The number of hydrogen-bond acceptors (Lipinski definition) is 4. The van der Waals surface area contributed by atoms with Crippen molar-refractivity contribution in [3.8, 4) is 0 Å². The molecule has 0 fully saturated rings. The van der Waals surface area contributed by atoms with E-state index in [1.165, 1.54) is 0 Å². The minimum atomic E-state index is -4.19. The zero-order valence-corrected chi connectivity index (χ0v) is 17.1. The minimum absolute atomic E-state index is 0.295. The molecular formula is C20H26O6S2. The fraction of sp³-hybridized carbons (Fsp3) is 0.400. The van der Waals surface area contributed by atoms with Crippen molar-refractivity contribution in [3.05, 3.63) is 71.8 Å². The second kappa shape index (κ2) is 10.2. The Morgan fingerprint density at radius 3 is 1.18 bits per heavy atom. The Balaban J connectivity index is 1.84. The third-order valence-corrected chi connectivity index (χ3v) is 7.20. The molecular weight excluding hydrogens is 400 g/mol. The summed E-state index contributed by atoms with van der Waals surface area (Å²) in [6.45, 7) is 0. The molecule has 0 spiro atoms. The first-order valence-corrected chi connectivity index (χ1v) is 12.2. The molecule has 0 aliphatic heterocycles. The van der Waals surface area contributed by atoms with Crippen molar-refractivity contribution >= 4 is 20.2 Å². The molecule has 0 bridgehead atoms. The van der Waals surface area contributed by atoms with Crippen LogP contribution in [0, 0.1) is 0 Å². The second-order valence-corrected chi connectivity index (χ2v) is 10.0. The standard InChI is InChI=1S/C20H26O6S2/c21-27(22,23)19(17-11-5-3-6-12-17)15-9-1-2-10-16-20(28(24,25)26)18-13-7-4-8-14-18/h3-8,11-14,19-20H,1-2,9-10,15-16H2,(H,21,22,23)(H,24,25,26). The monoisotopic (exact) mass is 426 g/mol. The van der Waals surface area contributed by atoms with Crippen molar-refractivity contribution in [2.45, 2.75) is 49.0 Å². The van der Waals surface area contributed by atoms with Crippen LogP contribution < -0.4 is 0 Å². The van der Waals surface area contributed by atoms with E-state index in [1.54, 1.807) is 60.7 Å². The fourth-order valence-electron chi connectivity index (χ4n) is 3.32. The predicted octanol–water partition coefficient (Wildman–Crippen LogP) is 4.59. The Hall–Kier alpha value is -1.74. The molecule has 6 nitrogen and oxygen atoms in total. The summed E-state index contributed by atoms with van der Waals surface area (Å²) in [7, 11) is -8.38. The van der Waals surface area contributed by atoms with Gasteiger partial charge in [-0.25, -0.2) is 0 Å². The zero-order chi connectivity index (χ0) is 20.6. The summed E-state index contributed by atoms with van der Waals surface area (Å²) >= 11 is 0. The Kier molecular flexibility index (Phi) is 8.18. The molecule has 2 aromatic carbocycles. The summed E-state index contributed by atoms with van der Waals surface area (Å²) in [5, 5.41) is -1.91. The Morgan fingerprint density at radius 2 is 0.893 bits per heavy atom. The molecule has 0 aromatic heterocycles. The van der Waals surface area contributed by atoms with Crippen molar-refractivity contribution in [2.24, 2.45) is 0 Å². The molecule has 8 heteroatoms. The predicted molar refractivity (Wildman–Crippen MR) is 109 cm³/mol.